The lowest BCUT2D eigenvalue weighted by Crippen LogP contribution is -2.38. The van der Waals surface area contributed by atoms with E-state index in [9.17, 15) is 18.0 Å². The Balaban J connectivity index is 1.47. The maximum absolute atomic E-state index is 13.2. The van der Waals surface area contributed by atoms with Gasteiger partial charge in [-0.1, -0.05) is 42.6 Å². The summed E-state index contributed by atoms with van der Waals surface area (Å²) in [6, 6.07) is 11.6. The number of amides is 1. The molecule has 2 aromatic carbocycles. The highest BCUT2D eigenvalue weighted by atomic mass is 35.5. The predicted molar refractivity (Wildman–Crippen MR) is 126 cm³/mol. The quantitative estimate of drug-likeness (QED) is 0.590. The molecule has 0 bridgehead atoms. The van der Waals surface area contributed by atoms with Crippen LogP contribution in [0.2, 0.25) is 5.02 Å². The van der Waals surface area contributed by atoms with E-state index in [4.69, 9.17) is 16.3 Å². The number of esters is 1. The van der Waals surface area contributed by atoms with E-state index in [0.29, 0.717) is 13.1 Å². The van der Waals surface area contributed by atoms with Gasteiger partial charge < -0.3 is 9.64 Å². The fraction of sp³-hybridized carbons (Fsp3) is 0.417. The summed E-state index contributed by atoms with van der Waals surface area (Å²) >= 11 is 6.20. The van der Waals surface area contributed by atoms with Gasteiger partial charge in [0.15, 0.2) is 6.61 Å². The van der Waals surface area contributed by atoms with E-state index in [1.54, 1.807) is 4.90 Å². The van der Waals surface area contributed by atoms with E-state index >= 15 is 0 Å². The van der Waals surface area contributed by atoms with Crippen LogP contribution in [0.4, 0.5) is 5.69 Å². The first kappa shape index (κ1) is 23.7. The number of anilines is 1. The molecule has 0 aromatic heterocycles. The Hall–Kier alpha value is -2.42. The Morgan fingerprint density at radius 2 is 1.76 bits per heavy atom. The molecule has 4 rings (SSSR count). The lowest BCUT2D eigenvalue weighted by Gasteiger charge is -2.22. The summed E-state index contributed by atoms with van der Waals surface area (Å²) in [5, 5.41) is 0.0503. The number of benzene rings is 2. The molecule has 1 fully saturated rings. The van der Waals surface area contributed by atoms with Crippen LogP contribution in [0.1, 0.15) is 48.5 Å². The standard InChI is InChI=1S/C24H27ClN2O5S/c1-17-14-18-8-4-5-9-21(18)27(17)23(28)16-32-24(29)19-10-11-20(25)22(15-19)33(30,31)26-12-6-2-3-7-13-26/h4-5,8-11,15,17H,2-3,6-7,12-14,16H2,1H3. The molecule has 0 aliphatic carbocycles. The highest BCUT2D eigenvalue weighted by Gasteiger charge is 2.32. The minimum Gasteiger partial charge on any atom is -0.452 e. The van der Waals surface area contributed by atoms with Crippen LogP contribution in [-0.4, -0.2) is 50.3 Å². The van der Waals surface area contributed by atoms with Crippen LogP contribution in [0.25, 0.3) is 0 Å². The van der Waals surface area contributed by atoms with Crippen molar-refractivity contribution in [3.8, 4) is 0 Å². The molecular weight excluding hydrogens is 464 g/mol. The topological polar surface area (TPSA) is 84.0 Å². The van der Waals surface area contributed by atoms with Crippen LogP contribution < -0.4 is 4.90 Å². The second-order valence-electron chi connectivity index (χ2n) is 8.49. The van der Waals surface area contributed by atoms with Gasteiger partial charge in [-0.3, -0.25) is 4.79 Å². The van der Waals surface area contributed by atoms with Crippen LogP contribution in [0.5, 0.6) is 0 Å². The minimum atomic E-state index is -3.84. The number of ether oxygens (including phenoxy) is 1. The van der Waals surface area contributed by atoms with Crippen LogP contribution in [-0.2, 0) is 26.0 Å². The Kier molecular flexibility index (Phi) is 7.07. The van der Waals surface area contributed by atoms with Crippen molar-refractivity contribution in [1.29, 1.82) is 0 Å². The molecule has 0 spiro atoms. The molecule has 33 heavy (non-hydrogen) atoms. The van der Waals surface area contributed by atoms with Gasteiger partial charge in [0.1, 0.15) is 4.90 Å². The summed E-state index contributed by atoms with van der Waals surface area (Å²) in [5.74, 6) is -1.10. The SMILES string of the molecule is CC1Cc2ccccc2N1C(=O)COC(=O)c1ccc(Cl)c(S(=O)(=O)N2CCCCCC2)c1. The van der Waals surface area contributed by atoms with Crippen molar-refractivity contribution in [1.82, 2.24) is 4.31 Å². The molecule has 7 nitrogen and oxygen atoms in total. The van der Waals surface area contributed by atoms with Gasteiger partial charge in [0.05, 0.1) is 10.6 Å². The minimum absolute atomic E-state index is 0.0329. The highest BCUT2D eigenvalue weighted by molar-refractivity contribution is 7.89. The van der Waals surface area contributed by atoms with Gasteiger partial charge in [0, 0.05) is 24.8 Å². The first-order valence-electron chi connectivity index (χ1n) is 11.2. The van der Waals surface area contributed by atoms with E-state index in [0.717, 1.165) is 43.4 Å². The summed E-state index contributed by atoms with van der Waals surface area (Å²) < 4.78 is 33.0. The number of rotatable bonds is 5. The van der Waals surface area contributed by atoms with Gasteiger partial charge >= 0.3 is 5.97 Å². The average molecular weight is 491 g/mol. The molecule has 9 heteroatoms. The molecular formula is C24H27ClN2O5S. The first-order valence-corrected chi connectivity index (χ1v) is 13.0. The molecule has 0 radical (unpaired) electrons. The van der Waals surface area contributed by atoms with Crippen molar-refractivity contribution < 1.29 is 22.7 Å². The molecule has 1 amide bonds. The lowest BCUT2D eigenvalue weighted by molar-refractivity contribution is -0.122. The van der Waals surface area contributed by atoms with Crippen LogP contribution >= 0.6 is 11.6 Å². The maximum Gasteiger partial charge on any atom is 0.338 e. The van der Waals surface area contributed by atoms with Crippen molar-refractivity contribution >= 4 is 39.2 Å². The van der Waals surface area contributed by atoms with Gasteiger partial charge in [-0.15, -0.1) is 0 Å². The second kappa shape index (κ2) is 9.83. The summed E-state index contributed by atoms with van der Waals surface area (Å²) in [7, 11) is -3.84. The molecule has 0 saturated carbocycles. The zero-order chi connectivity index (χ0) is 23.6. The molecule has 0 N–H and O–H groups in total. The number of nitrogens with zero attached hydrogens (tertiary/aromatic N) is 2. The first-order chi connectivity index (χ1) is 15.8. The Bertz CT molecular complexity index is 1160. The van der Waals surface area contributed by atoms with Crippen LogP contribution in [0.15, 0.2) is 47.4 Å². The number of halogens is 1. The van der Waals surface area contributed by atoms with Gasteiger partial charge in [-0.25, -0.2) is 13.2 Å². The third-order valence-electron chi connectivity index (χ3n) is 6.15. The van der Waals surface area contributed by atoms with E-state index in [1.807, 2.05) is 31.2 Å². The normalized spacial score (nSPS) is 19.1. The highest BCUT2D eigenvalue weighted by Crippen LogP contribution is 2.32. The number of carbonyl (C=O) groups excluding carboxylic acids is 2. The number of para-hydroxylation sites is 1. The fourth-order valence-electron chi connectivity index (χ4n) is 4.47. The zero-order valence-corrected chi connectivity index (χ0v) is 20.1. The number of carbonyl (C=O) groups is 2. The third kappa shape index (κ3) is 4.93. The molecule has 1 saturated heterocycles. The molecule has 176 valence electrons. The van der Waals surface area contributed by atoms with Crippen molar-refractivity contribution in [2.75, 3.05) is 24.6 Å². The Labute approximate surface area is 199 Å². The predicted octanol–water partition coefficient (Wildman–Crippen LogP) is 4.04. The van der Waals surface area contributed by atoms with Gasteiger partial charge in [-0.05, 0) is 56.0 Å². The van der Waals surface area contributed by atoms with E-state index in [-0.39, 0.29) is 27.4 Å². The van der Waals surface area contributed by atoms with Crippen LogP contribution in [0, 0.1) is 0 Å². The Morgan fingerprint density at radius 1 is 1.06 bits per heavy atom. The van der Waals surface area contributed by atoms with E-state index < -0.39 is 22.6 Å². The summed E-state index contributed by atoms with van der Waals surface area (Å²) in [6.07, 6.45) is 4.29. The van der Waals surface area contributed by atoms with Gasteiger partial charge in [0.2, 0.25) is 10.0 Å². The summed E-state index contributed by atoms with van der Waals surface area (Å²) in [4.78, 5) is 27.0. The number of hydrogen-bond acceptors (Lipinski definition) is 5. The smallest absolute Gasteiger partial charge is 0.338 e. The molecule has 2 aliphatic rings. The monoisotopic (exact) mass is 490 g/mol. The summed E-state index contributed by atoms with van der Waals surface area (Å²) in [6.45, 7) is 2.36. The van der Waals surface area contributed by atoms with Crippen LogP contribution in [0.3, 0.4) is 0 Å². The molecule has 1 atom stereocenters. The van der Waals surface area contributed by atoms with Crippen molar-refractivity contribution in [3.63, 3.8) is 0 Å². The number of sulfonamides is 1. The molecule has 2 aromatic rings. The summed E-state index contributed by atoms with van der Waals surface area (Å²) in [5.41, 5.74) is 1.93. The maximum atomic E-state index is 13.2. The Morgan fingerprint density at radius 3 is 2.48 bits per heavy atom. The number of fused-ring (bicyclic) bond motifs is 1. The lowest BCUT2D eigenvalue weighted by atomic mass is 10.1. The van der Waals surface area contributed by atoms with Crippen molar-refractivity contribution in [2.45, 2.75) is 50.0 Å². The average Bonchev–Trinajstić information content (AvgIpc) is 2.95. The molecule has 1 unspecified atom stereocenters. The van der Waals surface area contributed by atoms with Gasteiger partial charge in [0.25, 0.3) is 5.91 Å². The number of hydrogen-bond donors (Lipinski definition) is 0. The van der Waals surface area contributed by atoms with Crippen molar-refractivity contribution in [3.05, 3.63) is 58.6 Å². The van der Waals surface area contributed by atoms with Crippen molar-refractivity contribution in [2.24, 2.45) is 0 Å². The van der Waals surface area contributed by atoms with E-state index in [1.165, 1.54) is 22.5 Å². The molecule has 2 aliphatic heterocycles. The zero-order valence-electron chi connectivity index (χ0n) is 18.5. The largest absolute Gasteiger partial charge is 0.452 e. The van der Waals surface area contributed by atoms with E-state index in [2.05, 4.69) is 0 Å². The second-order valence-corrected chi connectivity index (χ2v) is 10.8. The van der Waals surface area contributed by atoms with Gasteiger partial charge in [-0.2, -0.15) is 4.31 Å². The third-order valence-corrected chi connectivity index (χ3v) is 8.53. The fourth-order valence-corrected chi connectivity index (χ4v) is 6.49. The molecule has 2 heterocycles.